The van der Waals surface area contributed by atoms with Gasteiger partial charge in [-0.2, -0.15) is 0 Å². The minimum atomic E-state index is -1.26. The molecule has 0 spiro atoms. The number of nitrogens with one attached hydrogen (secondary N) is 2. The zero-order valence-electron chi connectivity index (χ0n) is 21.8. The van der Waals surface area contributed by atoms with Crippen molar-refractivity contribution in [3.05, 3.63) is 35.9 Å². The number of nitrogens with two attached hydrogens (primary N) is 1. The summed E-state index contributed by atoms with van der Waals surface area (Å²) in [5, 5.41) is 14.6. The van der Waals surface area contributed by atoms with Crippen molar-refractivity contribution in [3.8, 4) is 0 Å². The van der Waals surface area contributed by atoms with Gasteiger partial charge >= 0.3 is 5.97 Å². The van der Waals surface area contributed by atoms with E-state index in [4.69, 9.17) is 5.73 Å². The summed E-state index contributed by atoms with van der Waals surface area (Å²) >= 11 is 0. The molecule has 36 heavy (non-hydrogen) atoms. The SMILES string of the molecule is CCCCCCCCCCCCCC(=O)N[C@@H](Cc1ccccc1)C(=O)N[C@H](CCC(N)=O)C(=O)O. The van der Waals surface area contributed by atoms with Gasteiger partial charge in [-0.05, 0) is 18.4 Å². The number of hydrogen-bond acceptors (Lipinski definition) is 4. The summed E-state index contributed by atoms with van der Waals surface area (Å²) in [7, 11) is 0. The lowest BCUT2D eigenvalue weighted by Gasteiger charge is -2.21. The molecule has 0 aromatic heterocycles. The van der Waals surface area contributed by atoms with Crippen molar-refractivity contribution in [3.63, 3.8) is 0 Å². The van der Waals surface area contributed by atoms with Crippen LogP contribution in [0, 0.1) is 0 Å². The van der Waals surface area contributed by atoms with Crippen molar-refractivity contribution in [2.45, 2.75) is 115 Å². The Morgan fingerprint density at radius 1 is 0.778 bits per heavy atom. The highest BCUT2D eigenvalue weighted by atomic mass is 16.4. The highest BCUT2D eigenvalue weighted by Crippen LogP contribution is 2.12. The molecule has 0 saturated heterocycles. The fraction of sp³-hybridized carbons (Fsp3) is 0.643. The van der Waals surface area contributed by atoms with Crippen LogP contribution >= 0.6 is 0 Å². The van der Waals surface area contributed by atoms with Crippen molar-refractivity contribution < 1.29 is 24.3 Å². The Hall–Kier alpha value is -2.90. The number of rotatable bonds is 21. The molecule has 5 N–H and O–H groups in total. The van der Waals surface area contributed by atoms with Crippen molar-refractivity contribution in [2.75, 3.05) is 0 Å². The molecule has 1 aromatic carbocycles. The van der Waals surface area contributed by atoms with E-state index in [0.29, 0.717) is 6.42 Å². The van der Waals surface area contributed by atoms with Crippen LogP contribution in [0.15, 0.2) is 30.3 Å². The highest BCUT2D eigenvalue weighted by molar-refractivity contribution is 5.90. The second kappa shape index (κ2) is 19.3. The fourth-order valence-electron chi connectivity index (χ4n) is 4.09. The van der Waals surface area contributed by atoms with E-state index in [2.05, 4.69) is 17.6 Å². The molecule has 202 valence electrons. The lowest BCUT2D eigenvalue weighted by Crippen LogP contribution is -2.52. The van der Waals surface area contributed by atoms with E-state index in [1.807, 2.05) is 30.3 Å². The molecular formula is C28H45N3O5. The first-order valence-corrected chi connectivity index (χ1v) is 13.5. The highest BCUT2D eigenvalue weighted by Gasteiger charge is 2.27. The topological polar surface area (TPSA) is 139 Å². The van der Waals surface area contributed by atoms with E-state index < -0.39 is 29.9 Å². The molecule has 0 aliphatic rings. The molecule has 0 unspecified atom stereocenters. The summed E-state index contributed by atoms with van der Waals surface area (Å²) in [6, 6.07) is 7.05. The van der Waals surface area contributed by atoms with E-state index in [9.17, 15) is 24.3 Å². The fourth-order valence-corrected chi connectivity index (χ4v) is 4.09. The Balaban J connectivity index is 2.48. The summed E-state index contributed by atoms with van der Waals surface area (Å²) < 4.78 is 0. The van der Waals surface area contributed by atoms with Gasteiger partial charge in [0.2, 0.25) is 17.7 Å². The van der Waals surface area contributed by atoms with Crippen LogP contribution in [0.1, 0.15) is 102 Å². The van der Waals surface area contributed by atoms with Gasteiger partial charge in [-0.3, -0.25) is 14.4 Å². The second-order valence-corrected chi connectivity index (χ2v) is 9.50. The lowest BCUT2D eigenvalue weighted by molar-refractivity contribution is -0.142. The normalized spacial score (nSPS) is 12.5. The first kappa shape index (κ1) is 31.1. The smallest absolute Gasteiger partial charge is 0.326 e. The maximum absolute atomic E-state index is 12.9. The first-order chi connectivity index (χ1) is 17.3. The Bertz CT molecular complexity index is 785. The molecule has 0 fully saturated rings. The molecule has 0 radical (unpaired) electrons. The van der Waals surface area contributed by atoms with Gasteiger partial charge in [0.25, 0.3) is 0 Å². The van der Waals surface area contributed by atoms with E-state index in [1.165, 1.54) is 51.4 Å². The van der Waals surface area contributed by atoms with Gasteiger partial charge in [-0.15, -0.1) is 0 Å². The largest absolute Gasteiger partial charge is 0.480 e. The van der Waals surface area contributed by atoms with Gasteiger partial charge in [0.1, 0.15) is 12.1 Å². The molecule has 0 aliphatic heterocycles. The van der Waals surface area contributed by atoms with E-state index in [-0.39, 0.29) is 25.2 Å². The number of amides is 3. The van der Waals surface area contributed by atoms with Crippen LogP contribution in [0.4, 0.5) is 0 Å². The van der Waals surface area contributed by atoms with Crippen molar-refractivity contribution >= 4 is 23.7 Å². The van der Waals surface area contributed by atoms with Crippen molar-refractivity contribution in [1.29, 1.82) is 0 Å². The quantitative estimate of drug-likeness (QED) is 0.186. The van der Waals surface area contributed by atoms with Gasteiger partial charge in [0, 0.05) is 19.3 Å². The van der Waals surface area contributed by atoms with E-state index in [1.54, 1.807) is 0 Å². The lowest BCUT2D eigenvalue weighted by atomic mass is 10.0. The second-order valence-electron chi connectivity index (χ2n) is 9.50. The molecule has 1 aromatic rings. The van der Waals surface area contributed by atoms with Crippen LogP contribution in [0.3, 0.4) is 0 Å². The van der Waals surface area contributed by atoms with Crippen molar-refractivity contribution in [1.82, 2.24) is 10.6 Å². The molecular weight excluding hydrogens is 458 g/mol. The monoisotopic (exact) mass is 503 g/mol. The third kappa shape index (κ3) is 15.2. The Kier molecular flexibility index (Phi) is 16.7. The first-order valence-electron chi connectivity index (χ1n) is 13.5. The standard InChI is InChI=1S/C28H45N3O5/c1-2-3-4-5-6-7-8-9-10-11-15-18-26(33)30-24(21-22-16-13-12-14-17-22)27(34)31-23(28(35)36)19-20-25(29)32/h12-14,16-17,23-24H,2-11,15,18-21H2,1H3,(H2,29,32)(H,30,33)(H,31,34)(H,35,36)/t23-,24+/m1/s1. The van der Waals surface area contributed by atoms with Crippen LogP contribution in [-0.4, -0.2) is 40.9 Å². The van der Waals surface area contributed by atoms with Crippen LogP contribution < -0.4 is 16.4 Å². The van der Waals surface area contributed by atoms with E-state index in [0.717, 1.165) is 24.8 Å². The molecule has 8 heteroatoms. The average Bonchev–Trinajstić information content (AvgIpc) is 2.84. The zero-order chi connectivity index (χ0) is 26.6. The van der Waals surface area contributed by atoms with Crippen LogP contribution in [0.25, 0.3) is 0 Å². The molecule has 1 rings (SSSR count). The van der Waals surface area contributed by atoms with Gasteiger partial charge in [-0.1, -0.05) is 101 Å². The minimum absolute atomic E-state index is 0.110. The predicted molar refractivity (Wildman–Crippen MR) is 141 cm³/mol. The number of unbranched alkanes of at least 4 members (excludes halogenated alkanes) is 10. The molecule has 0 heterocycles. The molecule has 2 atom stereocenters. The summed E-state index contributed by atoms with van der Waals surface area (Å²) in [6.45, 7) is 2.22. The van der Waals surface area contributed by atoms with Gasteiger partial charge in [0.05, 0.1) is 0 Å². The minimum Gasteiger partial charge on any atom is -0.480 e. The zero-order valence-corrected chi connectivity index (χ0v) is 21.8. The Labute approximate surface area is 215 Å². The van der Waals surface area contributed by atoms with Crippen LogP contribution in [-0.2, 0) is 25.6 Å². The van der Waals surface area contributed by atoms with Crippen LogP contribution in [0.2, 0.25) is 0 Å². The van der Waals surface area contributed by atoms with E-state index >= 15 is 0 Å². The molecule has 8 nitrogen and oxygen atoms in total. The molecule has 0 bridgehead atoms. The third-order valence-electron chi connectivity index (χ3n) is 6.24. The summed E-state index contributed by atoms with van der Waals surface area (Å²) in [5.41, 5.74) is 5.96. The number of carbonyl (C=O) groups is 4. The van der Waals surface area contributed by atoms with Gasteiger partial charge in [0.15, 0.2) is 0 Å². The maximum Gasteiger partial charge on any atom is 0.326 e. The number of carboxylic acid groups (broad SMARTS) is 1. The summed E-state index contributed by atoms with van der Waals surface area (Å²) in [5.74, 6) is -2.72. The molecule has 0 saturated carbocycles. The number of carbonyl (C=O) groups excluding carboxylic acids is 3. The average molecular weight is 504 g/mol. The summed E-state index contributed by atoms with van der Waals surface area (Å²) in [4.78, 5) is 48.0. The van der Waals surface area contributed by atoms with Crippen LogP contribution in [0.5, 0.6) is 0 Å². The maximum atomic E-state index is 12.9. The molecule has 3 amide bonds. The number of aliphatic carboxylic acids is 1. The number of carboxylic acids is 1. The number of primary amides is 1. The Morgan fingerprint density at radius 2 is 1.33 bits per heavy atom. The summed E-state index contributed by atoms with van der Waals surface area (Å²) in [6.07, 6.45) is 13.3. The predicted octanol–water partition coefficient (Wildman–Crippen LogP) is 4.25. The van der Waals surface area contributed by atoms with Gasteiger partial charge < -0.3 is 21.5 Å². The third-order valence-corrected chi connectivity index (χ3v) is 6.24. The Morgan fingerprint density at radius 3 is 1.86 bits per heavy atom. The molecule has 0 aliphatic carbocycles. The number of hydrogen-bond donors (Lipinski definition) is 4. The van der Waals surface area contributed by atoms with Crippen molar-refractivity contribution in [2.24, 2.45) is 5.73 Å². The van der Waals surface area contributed by atoms with Gasteiger partial charge in [-0.25, -0.2) is 4.79 Å². The number of benzene rings is 1.